The standard InChI is InChI=1S/C32H43N9O20/c33-18-5-19(34-25(50)60-16-31(40(27(52)53)28(54)55)12-36(8-21(42)43)1-2-37(13-31)9-22(44)45)7-20(6-18)35-26(51)61-17-32(41(29(56)57)30(58)59)14-38(10-23(46)47)3-4-39(15-32)11-24(48)49/h5-7H,1-4,8-17,33H2,(H,34,50)(H,35,51)(H,42,43)(H,44,45)(H,46,47)(H,48,49)(H,52,53)(H,54,55)(H,56,57)(H,58,59). The van der Waals surface area contributed by atoms with E-state index in [0.717, 1.165) is 37.8 Å². The molecule has 0 bridgehead atoms. The van der Waals surface area contributed by atoms with Crippen molar-refractivity contribution in [1.82, 2.24) is 29.4 Å². The Labute approximate surface area is 342 Å². The number of benzene rings is 1. The molecular formula is C32H43N9O20. The van der Waals surface area contributed by atoms with Gasteiger partial charge < -0.3 is 56.1 Å². The number of nitrogens with two attached hydrogens (primary N) is 1. The van der Waals surface area contributed by atoms with Gasteiger partial charge in [-0.2, -0.15) is 0 Å². The number of carboxylic acids is 4. The largest absolute Gasteiger partial charge is 0.480 e. The van der Waals surface area contributed by atoms with Gasteiger partial charge in [-0.3, -0.25) is 49.4 Å². The predicted octanol–water partition coefficient (Wildman–Crippen LogP) is -1.27. The molecule has 12 N–H and O–H groups in total. The number of carbonyl (C=O) groups excluding carboxylic acids is 2. The lowest BCUT2D eigenvalue weighted by atomic mass is 9.97. The number of hydrogen-bond acceptors (Lipinski definition) is 17. The number of carboxylic acid groups (broad SMARTS) is 8. The van der Waals surface area contributed by atoms with Gasteiger partial charge in [-0.25, -0.2) is 38.6 Å². The Morgan fingerprint density at radius 1 is 0.508 bits per heavy atom. The molecule has 29 heteroatoms. The van der Waals surface area contributed by atoms with Crippen LogP contribution in [0.4, 0.5) is 45.8 Å². The quantitative estimate of drug-likeness (QED) is 0.0863. The van der Waals surface area contributed by atoms with E-state index in [1.807, 2.05) is 0 Å². The summed E-state index contributed by atoms with van der Waals surface area (Å²) < 4.78 is 10.5. The van der Waals surface area contributed by atoms with E-state index in [9.17, 15) is 88.8 Å². The molecule has 0 aliphatic carbocycles. The molecule has 0 atom stereocenters. The monoisotopic (exact) mass is 873 g/mol. The Morgan fingerprint density at radius 3 is 1.00 bits per heavy atom. The molecule has 2 fully saturated rings. The van der Waals surface area contributed by atoms with Crippen molar-refractivity contribution >= 4 is 77.5 Å². The van der Waals surface area contributed by atoms with Gasteiger partial charge in [0.2, 0.25) is 0 Å². The van der Waals surface area contributed by atoms with E-state index < -0.39 is 137 Å². The summed E-state index contributed by atoms with van der Waals surface area (Å²) in [6.07, 6.45) is -11.0. The van der Waals surface area contributed by atoms with Crippen LogP contribution in [0.15, 0.2) is 18.2 Å². The lowest BCUT2D eigenvalue weighted by Crippen LogP contribution is -2.65. The first-order valence-electron chi connectivity index (χ1n) is 17.5. The van der Waals surface area contributed by atoms with Gasteiger partial charge in [-0.05, 0) is 18.2 Å². The van der Waals surface area contributed by atoms with E-state index in [1.54, 1.807) is 0 Å². The third kappa shape index (κ3) is 13.9. The molecule has 2 aliphatic heterocycles. The average Bonchev–Trinajstić information content (AvgIpc) is 3.36. The van der Waals surface area contributed by atoms with Crippen LogP contribution in [0.3, 0.4) is 0 Å². The summed E-state index contributed by atoms with van der Waals surface area (Å²) in [5.41, 5.74) is 0.772. The van der Waals surface area contributed by atoms with Crippen molar-refractivity contribution in [1.29, 1.82) is 0 Å². The fourth-order valence-corrected chi connectivity index (χ4v) is 7.03. The number of amides is 6. The number of ether oxygens (including phenoxy) is 2. The summed E-state index contributed by atoms with van der Waals surface area (Å²) >= 11 is 0. The second-order valence-corrected chi connectivity index (χ2v) is 13.9. The van der Waals surface area contributed by atoms with Crippen LogP contribution >= 0.6 is 0 Å². The van der Waals surface area contributed by atoms with Crippen molar-refractivity contribution < 1.29 is 98.3 Å². The molecule has 6 amide bonds. The number of nitrogen functional groups attached to an aromatic ring is 1. The molecular weight excluding hydrogens is 830 g/mol. The SMILES string of the molecule is Nc1cc(NC(=O)OCC2(N(C(=O)O)C(=O)O)CN(CC(=O)O)CCN(CC(=O)O)C2)cc(NC(=O)OCC2(N(C(=O)O)C(=O)O)CN(CC(=O)O)CCN(CC(=O)O)C2)c1. The van der Waals surface area contributed by atoms with Gasteiger partial charge >= 0.3 is 60.4 Å². The van der Waals surface area contributed by atoms with Crippen LogP contribution in [0.1, 0.15) is 0 Å². The molecule has 0 unspecified atom stereocenters. The van der Waals surface area contributed by atoms with E-state index in [0.29, 0.717) is 0 Å². The number of imide groups is 2. The van der Waals surface area contributed by atoms with Gasteiger partial charge in [0, 0.05) is 69.4 Å². The van der Waals surface area contributed by atoms with Gasteiger partial charge in [0.15, 0.2) is 0 Å². The fraction of sp³-hybridized carbons (Fsp3) is 0.500. The Hall–Kier alpha value is -7.24. The summed E-state index contributed by atoms with van der Waals surface area (Å²) in [5.74, 6) is -5.55. The van der Waals surface area contributed by atoms with Crippen LogP contribution in [0.2, 0.25) is 0 Å². The van der Waals surface area contributed by atoms with E-state index in [1.165, 1.54) is 0 Å². The number of hydrogen-bond donors (Lipinski definition) is 11. The second kappa shape index (κ2) is 20.6. The zero-order chi connectivity index (χ0) is 45.8. The first-order chi connectivity index (χ1) is 28.4. The molecule has 0 aromatic heterocycles. The van der Waals surface area contributed by atoms with Crippen molar-refractivity contribution in [3.63, 3.8) is 0 Å². The molecule has 336 valence electrons. The van der Waals surface area contributed by atoms with Gasteiger partial charge in [0.25, 0.3) is 0 Å². The Kier molecular flexibility index (Phi) is 16.3. The molecule has 0 spiro atoms. The van der Waals surface area contributed by atoms with Gasteiger partial charge in [0.1, 0.15) is 24.3 Å². The molecule has 0 saturated carbocycles. The van der Waals surface area contributed by atoms with Crippen molar-refractivity contribution in [3.8, 4) is 0 Å². The first-order valence-corrected chi connectivity index (χ1v) is 17.5. The van der Waals surface area contributed by atoms with Crippen LogP contribution in [0, 0.1) is 0 Å². The third-order valence-electron chi connectivity index (χ3n) is 9.08. The molecule has 1 aromatic carbocycles. The van der Waals surface area contributed by atoms with Crippen LogP contribution in [-0.2, 0) is 28.7 Å². The number of anilines is 3. The fourth-order valence-electron chi connectivity index (χ4n) is 7.03. The Balaban J connectivity index is 1.87. The first kappa shape index (κ1) is 48.1. The minimum absolute atomic E-state index is 0.123. The summed E-state index contributed by atoms with van der Waals surface area (Å²) in [4.78, 5) is 126. The minimum Gasteiger partial charge on any atom is -0.480 e. The van der Waals surface area contributed by atoms with E-state index >= 15 is 0 Å². The van der Waals surface area contributed by atoms with Gasteiger partial charge in [-0.15, -0.1) is 0 Å². The molecule has 0 radical (unpaired) electrons. The van der Waals surface area contributed by atoms with Crippen LogP contribution in [0.5, 0.6) is 0 Å². The molecule has 1 aromatic rings. The number of carbonyl (C=O) groups is 10. The number of aliphatic carboxylic acids is 4. The maximum Gasteiger partial charge on any atom is 0.417 e. The normalized spacial score (nSPS) is 17.0. The molecule has 2 heterocycles. The van der Waals surface area contributed by atoms with Crippen LogP contribution in [0.25, 0.3) is 0 Å². The lowest BCUT2D eigenvalue weighted by molar-refractivity contribution is -0.139. The molecule has 29 nitrogen and oxygen atoms in total. The van der Waals surface area contributed by atoms with Gasteiger partial charge in [-0.1, -0.05) is 0 Å². The lowest BCUT2D eigenvalue weighted by Gasteiger charge is -2.41. The third-order valence-corrected chi connectivity index (χ3v) is 9.08. The average molecular weight is 874 g/mol. The minimum atomic E-state index is -2.29. The zero-order valence-corrected chi connectivity index (χ0v) is 31.9. The second-order valence-electron chi connectivity index (χ2n) is 13.9. The number of nitrogens with one attached hydrogen (secondary N) is 2. The molecule has 61 heavy (non-hydrogen) atoms. The van der Waals surface area contributed by atoms with Gasteiger partial charge in [0.05, 0.1) is 26.2 Å². The maximum atomic E-state index is 13.1. The summed E-state index contributed by atoms with van der Waals surface area (Å²) in [6.45, 7) is -8.23. The number of nitrogens with zero attached hydrogens (tertiary/aromatic N) is 6. The highest BCUT2D eigenvalue weighted by atomic mass is 16.6. The Morgan fingerprint density at radius 2 is 0.770 bits per heavy atom. The predicted molar refractivity (Wildman–Crippen MR) is 198 cm³/mol. The zero-order valence-electron chi connectivity index (χ0n) is 31.9. The van der Waals surface area contributed by atoms with Crippen molar-refractivity contribution in [2.45, 2.75) is 11.1 Å². The van der Waals surface area contributed by atoms with E-state index in [-0.39, 0.29) is 53.0 Å². The van der Waals surface area contributed by atoms with Crippen LogP contribution < -0.4 is 16.4 Å². The van der Waals surface area contributed by atoms with Crippen molar-refractivity contribution in [3.05, 3.63) is 18.2 Å². The highest BCUT2D eigenvalue weighted by Gasteiger charge is 2.51. The molecule has 3 rings (SSSR count). The van der Waals surface area contributed by atoms with E-state index in [4.69, 9.17) is 15.2 Å². The van der Waals surface area contributed by atoms with Crippen molar-refractivity contribution in [2.24, 2.45) is 0 Å². The highest BCUT2D eigenvalue weighted by molar-refractivity contribution is 5.91. The number of rotatable bonds is 16. The smallest absolute Gasteiger partial charge is 0.417 e. The molecule has 2 aliphatic rings. The topological polar surface area (TPSA) is 421 Å². The highest BCUT2D eigenvalue weighted by Crippen LogP contribution is 2.27. The maximum absolute atomic E-state index is 13.1. The summed E-state index contributed by atoms with van der Waals surface area (Å²) in [7, 11) is 0. The summed E-state index contributed by atoms with van der Waals surface area (Å²) in [6, 6.07) is 3.33. The summed E-state index contributed by atoms with van der Waals surface area (Å²) in [5, 5.41) is 81.6. The Bertz CT molecular complexity index is 1690. The van der Waals surface area contributed by atoms with Crippen molar-refractivity contribution in [2.75, 3.05) is 108 Å². The molecule has 2 saturated heterocycles. The van der Waals surface area contributed by atoms with E-state index in [2.05, 4.69) is 10.6 Å². The van der Waals surface area contributed by atoms with Crippen LogP contribution in [-0.4, -0.2) is 234 Å².